The highest BCUT2D eigenvalue weighted by atomic mass is 32.2. The van der Waals surface area contributed by atoms with Crippen LogP contribution in [-0.2, 0) is 16.1 Å². The van der Waals surface area contributed by atoms with Crippen molar-refractivity contribution in [3.05, 3.63) is 100 Å². The van der Waals surface area contributed by atoms with Crippen LogP contribution in [0.4, 0.5) is 5.69 Å². The molecule has 11 nitrogen and oxygen atoms in total. The number of anilines is 1. The van der Waals surface area contributed by atoms with Crippen LogP contribution in [0.5, 0.6) is 23.0 Å². The van der Waals surface area contributed by atoms with E-state index in [-0.39, 0.29) is 25.0 Å². The molecule has 0 aliphatic carbocycles. The third kappa shape index (κ3) is 7.53. The Kier molecular flexibility index (Phi) is 10.1. The van der Waals surface area contributed by atoms with Gasteiger partial charge in [-0.2, -0.15) is 0 Å². The largest absolute Gasteiger partial charge is 0.493 e. The number of thioether (sulfide) groups is 1. The first-order chi connectivity index (χ1) is 23.3. The summed E-state index contributed by atoms with van der Waals surface area (Å²) in [4.78, 5) is 44.1. The van der Waals surface area contributed by atoms with E-state index in [1.807, 2.05) is 55.6 Å². The molecule has 2 amide bonds. The summed E-state index contributed by atoms with van der Waals surface area (Å²) in [5.74, 6) is 1.25. The normalized spacial score (nSPS) is 12.3. The van der Waals surface area contributed by atoms with Crippen molar-refractivity contribution < 1.29 is 28.5 Å². The fraction of sp³-hybridized carbons (Fsp3) is 0.229. The van der Waals surface area contributed by atoms with Crippen LogP contribution in [0.1, 0.15) is 28.0 Å². The van der Waals surface area contributed by atoms with Crippen LogP contribution in [-0.4, -0.2) is 58.4 Å². The number of hydrogen-bond donors (Lipinski definition) is 1. The molecule has 1 aliphatic rings. The van der Waals surface area contributed by atoms with Crippen LogP contribution >= 0.6 is 23.1 Å². The van der Waals surface area contributed by atoms with Crippen LogP contribution in [0.2, 0.25) is 0 Å². The van der Waals surface area contributed by atoms with E-state index in [1.54, 1.807) is 36.4 Å². The Morgan fingerprint density at radius 2 is 1.67 bits per heavy atom. The molecule has 1 aliphatic heterocycles. The van der Waals surface area contributed by atoms with Crippen molar-refractivity contribution in [2.24, 2.45) is 0 Å². The smallest absolute Gasteiger partial charge is 0.251 e. The molecule has 1 atom stereocenters. The second-order valence-electron chi connectivity index (χ2n) is 10.8. The summed E-state index contributed by atoms with van der Waals surface area (Å²) < 4.78 is 22.0. The van der Waals surface area contributed by atoms with Gasteiger partial charge in [-0.15, -0.1) is 11.3 Å². The lowest BCUT2D eigenvalue weighted by Crippen LogP contribution is -2.41. The zero-order valence-corrected chi connectivity index (χ0v) is 28.4. The summed E-state index contributed by atoms with van der Waals surface area (Å²) in [5.41, 5.74) is 4.35. The van der Waals surface area contributed by atoms with E-state index in [0.717, 1.165) is 22.6 Å². The lowest BCUT2D eigenvalue weighted by Gasteiger charge is -2.31. The first-order valence-electron chi connectivity index (χ1n) is 15.0. The standard InChI is InChI=1S/C35H33N5O6S2/c1-21-14-22(2)37-35(36-21)48-19-32(41)40(17-31-39-26(18-47-31)23-8-6-5-7-9-23)33(24-10-12-27(43-3)29(15-24)44-4)34(42)38-25-11-13-28-30(16-25)46-20-45-28/h5-16,18,33H,17,19-20H2,1-4H3,(H,38,42). The third-order valence-electron chi connectivity index (χ3n) is 7.46. The van der Waals surface area contributed by atoms with Crippen LogP contribution < -0.4 is 24.3 Å². The predicted octanol–water partition coefficient (Wildman–Crippen LogP) is 6.46. The fourth-order valence-electron chi connectivity index (χ4n) is 5.24. The molecular weight excluding hydrogens is 651 g/mol. The fourth-order valence-corrected chi connectivity index (χ4v) is 6.88. The number of fused-ring (bicyclic) bond motifs is 1. The van der Waals surface area contributed by atoms with Crippen LogP contribution in [0.25, 0.3) is 11.3 Å². The van der Waals surface area contributed by atoms with E-state index >= 15 is 0 Å². The maximum absolute atomic E-state index is 14.4. The van der Waals surface area contributed by atoms with Gasteiger partial charge < -0.3 is 29.2 Å². The second-order valence-corrected chi connectivity index (χ2v) is 12.7. The van der Waals surface area contributed by atoms with Gasteiger partial charge >= 0.3 is 0 Å². The molecule has 0 bridgehead atoms. The second kappa shape index (κ2) is 14.7. The number of nitrogens with zero attached hydrogens (tertiary/aromatic N) is 4. The van der Waals surface area contributed by atoms with Crippen molar-refractivity contribution in [1.29, 1.82) is 0 Å². The number of amides is 2. The molecular formula is C35H33N5O6S2. The zero-order chi connectivity index (χ0) is 33.6. The highest BCUT2D eigenvalue weighted by molar-refractivity contribution is 7.99. The van der Waals surface area contributed by atoms with Crippen LogP contribution in [0, 0.1) is 13.8 Å². The van der Waals surface area contributed by atoms with Gasteiger partial charge in [-0.25, -0.2) is 15.0 Å². The average molecular weight is 684 g/mol. The molecule has 246 valence electrons. The quantitative estimate of drug-likeness (QED) is 0.116. The molecule has 0 radical (unpaired) electrons. The lowest BCUT2D eigenvalue weighted by atomic mass is 10.0. The summed E-state index contributed by atoms with van der Waals surface area (Å²) in [7, 11) is 3.06. The van der Waals surface area contributed by atoms with Gasteiger partial charge in [0.05, 0.1) is 32.2 Å². The van der Waals surface area contributed by atoms with E-state index < -0.39 is 11.9 Å². The van der Waals surface area contributed by atoms with Crippen molar-refractivity contribution in [2.45, 2.75) is 31.6 Å². The van der Waals surface area contributed by atoms with Gasteiger partial charge in [-0.3, -0.25) is 9.59 Å². The number of carbonyl (C=O) groups excluding carboxylic acids is 2. The van der Waals surface area contributed by atoms with E-state index in [1.165, 1.54) is 42.2 Å². The minimum absolute atomic E-state index is 0.0130. The maximum Gasteiger partial charge on any atom is 0.251 e. The summed E-state index contributed by atoms with van der Waals surface area (Å²) in [6.07, 6.45) is 0. The Morgan fingerprint density at radius 3 is 2.42 bits per heavy atom. The summed E-state index contributed by atoms with van der Waals surface area (Å²) in [6, 6.07) is 20.9. The maximum atomic E-state index is 14.4. The number of benzene rings is 3. The summed E-state index contributed by atoms with van der Waals surface area (Å²) >= 11 is 2.64. The van der Waals surface area contributed by atoms with E-state index in [2.05, 4.69) is 15.3 Å². The first-order valence-corrected chi connectivity index (χ1v) is 16.8. The SMILES string of the molecule is COc1ccc(C(C(=O)Nc2ccc3c(c2)OCO3)N(Cc2nc(-c3ccccc3)cs2)C(=O)CSc2nc(C)cc(C)n2)cc1OC. The van der Waals surface area contributed by atoms with Gasteiger partial charge in [0.15, 0.2) is 28.2 Å². The number of aromatic nitrogens is 3. The number of rotatable bonds is 12. The van der Waals surface area contributed by atoms with Gasteiger partial charge in [-0.1, -0.05) is 48.2 Å². The van der Waals surface area contributed by atoms with Crippen LogP contribution in [0.3, 0.4) is 0 Å². The minimum Gasteiger partial charge on any atom is -0.493 e. The number of thiazole rings is 1. The summed E-state index contributed by atoms with van der Waals surface area (Å²) in [6.45, 7) is 3.93. The molecule has 0 saturated carbocycles. The number of nitrogens with one attached hydrogen (secondary N) is 1. The van der Waals surface area contributed by atoms with E-state index in [0.29, 0.717) is 44.4 Å². The third-order valence-corrected chi connectivity index (χ3v) is 9.12. The predicted molar refractivity (Wildman–Crippen MR) is 184 cm³/mol. The molecule has 5 aromatic rings. The summed E-state index contributed by atoms with van der Waals surface area (Å²) in [5, 5.41) is 6.08. The minimum atomic E-state index is -1.09. The van der Waals surface area contributed by atoms with Crippen molar-refractivity contribution in [2.75, 3.05) is 32.1 Å². The Labute approximate surface area is 286 Å². The molecule has 0 fully saturated rings. The van der Waals surface area contributed by atoms with Crippen molar-refractivity contribution >= 4 is 40.6 Å². The van der Waals surface area contributed by atoms with Gasteiger partial charge in [0.25, 0.3) is 5.91 Å². The molecule has 6 rings (SSSR count). The highest BCUT2D eigenvalue weighted by Gasteiger charge is 2.34. The van der Waals surface area contributed by atoms with E-state index in [4.69, 9.17) is 23.9 Å². The van der Waals surface area contributed by atoms with Gasteiger partial charge in [-0.05, 0) is 49.7 Å². The Hall–Kier alpha value is -5.14. The molecule has 48 heavy (non-hydrogen) atoms. The lowest BCUT2D eigenvalue weighted by molar-refractivity contribution is -0.137. The number of ether oxygens (including phenoxy) is 4. The molecule has 3 aromatic carbocycles. The Bertz CT molecular complexity index is 1920. The van der Waals surface area contributed by atoms with Gasteiger partial charge in [0.1, 0.15) is 11.0 Å². The molecule has 1 unspecified atom stereocenters. The Balaban J connectivity index is 1.38. The topological polar surface area (TPSA) is 125 Å². The van der Waals surface area contributed by atoms with Crippen LogP contribution in [0.15, 0.2) is 83.3 Å². The molecule has 13 heteroatoms. The van der Waals surface area contributed by atoms with Crippen molar-refractivity contribution in [3.63, 3.8) is 0 Å². The van der Waals surface area contributed by atoms with Crippen molar-refractivity contribution in [3.8, 4) is 34.3 Å². The van der Waals surface area contributed by atoms with E-state index in [9.17, 15) is 9.59 Å². The molecule has 3 heterocycles. The van der Waals surface area contributed by atoms with Crippen molar-refractivity contribution in [1.82, 2.24) is 19.9 Å². The Morgan fingerprint density at radius 1 is 0.917 bits per heavy atom. The number of hydrogen-bond acceptors (Lipinski definition) is 11. The molecule has 0 saturated heterocycles. The highest BCUT2D eigenvalue weighted by Crippen LogP contribution is 2.37. The average Bonchev–Trinajstić information content (AvgIpc) is 3.76. The van der Waals surface area contributed by atoms with Gasteiger partial charge in [0, 0.05) is 34.1 Å². The zero-order valence-electron chi connectivity index (χ0n) is 26.8. The molecule has 0 spiro atoms. The monoisotopic (exact) mass is 683 g/mol. The van der Waals surface area contributed by atoms with Gasteiger partial charge in [0.2, 0.25) is 12.7 Å². The number of methoxy groups -OCH3 is 2. The number of carbonyl (C=O) groups is 2. The molecule has 1 N–H and O–H groups in total. The first kappa shape index (κ1) is 32.8. The molecule has 2 aromatic heterocycles. The number of aryl methyl sites for hydroxylation is 2.